The van der Waals surface area contributed by atoms with Gasteiger partial charge in [0, 0.05) is 24.1 Å². The summed E-state index contributed by atoms with van der Waals surface area (Å²) < 4.78 is 15.1. The van der Waals surface area contributed by atoms with Gasteiger partial charge in [0.15, 0.2) is 13.2 Å². The van der Waals surface area contributed by atoms with E-state index in [0.29, 0.717) is 17.9 Å². The Hall–Kier alpha value is -3.36. The zero-order valence-electron chi connectivity index (χ0n) is 15.9. The molecule has 28 heavy (non-hydrogen) atoms. The van der Waals surface area contributed by atoms with Gasteiger partial charge in [0.2, 0.25) is 0 Å². The van der Waals surface area contributed by atoms with Crippen molar-refractivity contribution in [2.75, 3.05) is 19.8 Å². The van der Waals surface area contributed by atoms with Crippen molar-refractivity contribution in [2.45, 2.75) is 20.8 Å². The number of amides is 3. The molecule has 2 N–H and O–H groups in total. The molecule has 0 saturated carbocycles. The zero-order valence-corrected chi connectivity index (χ0v) is 15.9. The summed E-state index contributed by atoms with van der Waals surface area (Å²) in [6.07, 6.45) is 0. The highest BCUT2D eigenvalue weighted by molar-refractivity contribution is 5.95. The smallest absolute Gasteiger partial charge is 0.344 e. The van der Waals surface area contributed by atoms with Gasteiger partial charge in [-0.2, -0.15) is 0 Å². The summed E-state index contributed by atoms with van der Waals surface area (Å²) in [5.74, 6) is -1.00. The minimum Gasteiger partial charge on any atom is -0.482 e. The van der Waals surface area contributed by atoms with E-state index in [9.17, 15) is 19.2 Å². The Bertz CT molecular complexity index is 934. The Morgan fingerprint density at radius 3 is 2.61 bits per heavy atom. The maximum Gasteiger partial charge on any atom is 0.344 e. The highest BCUT2D eigenvalue weighted by atomic mass is 16.6. The van der Waals surface area contributed by atoms with E-state index >= 15 is 0 Å². The average Bonchev–Trinajstić information content (AvgIpc) is 2.62. The first-order valence-corrected chi connectivity index (χ1v) is 8.65. The molecule has 0 saturated heterocycles. The predicted octanol–water partition coefficient (Wildman–Crippen LogP) is 1.51. The number of nitrogens with one attached hydrogen (secondary N) is 2. The molecule has 1 aromatic heterocycles. The number of hydrogen-bond acceptors (Lipinski definition) is 7. The largest absolute Gasteiger partial charge is 0.482 e. The average molecular weight is 390 g/mol. The molecule has 0 bridgehead atoms. The Labute approximate surface area is 161 Å². The molecular formula is C19H22N2O7. The summed E-state index contributed by atoms with van der Waals surface area (Å²) >= 11 is 0. The van der Waals surface area contributed by atoms with Crippen molar-refractivity contribution >= 4 is 28.9 Å². The molecule has 0 aliphatic rings. The predicted molar refractivity (Wildman–Crippen MR) is 100 cm³/mol. The first-order valence-electron chi connectivity index (χ1n) is 8.65. The van der Waals surface area contributed by atoms with Gasteiger partial charge in [0.05, 0.1) is 0 Å². The van der Waals surface area contributed by atoms with Crippen LogP contribution >= 0.6 is 0 Å². The van der Waals surface area contributed by atoms with Gasteiger partial charge in [0.25, 0.3) is 5.91 Å². The van der Waals surface area contributed by atoms with E-state index in [-0.39, 0.29) is 5.92 Å². The van der Waals surface area contributed by atoms with Crippen molar-refractivity contribution in [3.05, 3.63) is 40.2 Å². The van der Waals surface area contributed by atoms with Crippen molar-refractivity contribution in [3.63, 3.8) is 0 Å². The van der Waals surface area contributed by atoms with Crippen molar-refractivity contribution < 1.29 is 28.3 Å². The quantitative estimate of drug-likeness (QED) is 0.542. The standard InChI is InChI=1S/C19H22N2O7/c1-11(2)8-20-19(25)21-16(22)9-27-18(24)10-26-13-4-5-14-12(3)6-17(23)28-15(14)7-13/h4-7,11H,8-10H2,1-3H3,(H2,20,21,22,25). The number of carbonyl (C=O) groups is 3. The fourth-order valence-electron chi connectivity index (χ4n) is 2.23. The van der Waals surface area contributed by atoms with Gasteiger partial charge < -0.3 is 19.2 Å². The van der Waals surface area contributed by atoms with E-state index in [2.05, 4.69) is 5.32 Å². The molecule has 9 nitrogen and oxygen atoms in total. The molecular weight excluding hydrogens is 368 g/mol. The number of fused-ring (bicyclic) bond motifs is 1. The van der Waals surface area contributed by atoms with Crippen LogP contribution in [0.15, 0.2) is 33.5 Å². The van der Waals surface area contributed by atoms with Crippen molar-refractivity contribution in [2.24, 2.45) is 5.92 Å². The number of imide groups is 1. The van der Waals surface area contributed by atoms with Crippen molar-refractivity contribution in [1.29, 1.82) is 0 Å². The first kappa shape index (κ1) is 20.9. The minimum atomic E-state index is -0.788. The summed E-state index contributed by atoms with van der Waals surface area (Å²) in [4.78, 5) is 46.1. The van der Waals surface area contributed by atoms with Crippen LogP contribution in [0.5, 0.6) is 5.75 Å². The lowest BCUT2D eigenvalue weighted by atomic mass is 10.1. The van der Waals surface area contributed by atoms with E-state index in [4.69, 9.17) is 13.9 Å². The van der Waals surface area contributed by atoms with Crippen LogP contribution in [0.4, 0.5) is 4.79 Å². The summed E-state index contributed by atoms with van der Waals surface area (Å²) in [5, 5.41) is 5.30. The highest BCUT2D eigenvalue weighted by Crippen LogP contribution is 2.22. The topological polar surface area (TPSA) is 124 Å². The molecule has 150 valence electrons. The lowest BCUT2D eigenvalue weighted by molar-refractivity contribution is -0.150. The zero-order chi connectivity index (χ0) is 20.7. The second-order valence-corrected chi connectivity index (χ2v) is 6.51. The van der Waals surface area contributed by atoms with Crippen LogP contribution in [0, 0.1) is 12.8 Å². The molecule has 2 rings (SSSR count). The fraction of sp³-hybridized carbons (Fsp3) is 0.368. The van der Waals surface area contributed by atoms with E-state index in [1.807, 2.05) is 19.2 Å². The SMILES string of the molecule is Cc1cc(=O)oc2cc(OCC(=O)OCC(=O)NC(=O)NCC(C)C)ccc12. The van der Waals surface area contributed by atoms with E-state index in [1.54, 1.807) is 19.1 Å². The Kier molecular flexibility index (Phi) is 7.14. The molecule has 9 heteroatoms. The second-order valence-electron chi connectivity index (χ2n) is 6.51. The Morgan fingerprint density at radius 2 is 1.89 bits per heavy atom. The number of ether oxygens (including phenoxy) is 2. The lowest BCUT2D eigenvalue weighted by Gasteiger charge is -2.09. The van der Waals surface area contributed by atoms with Crippen LogP contribution in [0.2, 0.25) is 0 Å². The maximum atomic E-state index is 11.7. The molecule has 1 aromatic carbocycles. The van der Waals surface area contributed by atoms with Crippen molar-refractivity contribution in [1.82, 2.24) is 10.6 Å². The van der Waals surface area contributed by atoms with Gasteiger partial charge in [-0.1, -0.05) is 13.8 Å². The van der Waals surface area contributed by atoms with Crippen LogP contribution in [0.1, 0.15) is 19.4 Å². The molecule has 0 radical (unpaired) electrons. The van der Waals surface area contributed by atoms with Crippen LogP contribution in [0.25, 0.3) is 11.0 Å². The van der Waals surface area contributed by atoms with Crippen LogP contribution in [-0.2, 0) is 14.3 Å². The number of carbonyl (C=O) groups excluding carboxylic acids is 3. The van der Waals surface area contributed by atoms with Gasteiger partial charge in [0.1, 0.15) is 11.3 Å². The number of urea groups is 1. The molecule has 1 heterocycles. The number of benzene rings is 1. The highest BCUT2D eigenvalue weighted by Gasteiger charge is 2.12. The fourth-order valence-corrected chi connectivity index (χ4v) is 2.23. The number of esters is 1. The third kappa shape index (κ3) is 6.42. The van der Waals surface area contributed by atoms with Gasteiger partial charge in [-0.05, 0) is 30.5 Å². The summed E-state index contributed by atoms with van der Waals surface area (Å²) in [6.45, 7) is 4.96. The molecule has 0 atom stereocenters. The maximum absolute atomic E-state index is 11.7. The van der Waals surface area contributed by atoms with Crippen LogP contribution in [-0.4, -0.2) is 37.7 Å². The van der Waals surface area contributed by atoms with Crippen molar-refractivity contribution in [3.8, 4) is 5.75 Å². The summed E-state index contributed by atoms with van der Waals surface area (Å²) in [7, 11) is 0. The Balaban J connectivity index is 1.79. The molecule has 0 unspecified atom stereocenters. The molecule has 0 aliphatic heterocycles. The van der Waals surface area contributed by atoms with Crippen LogP contribution in [0.3, 0.4) is 0 Å². The number of rotatable bonds is 7. The summed E-state index contributed by atoms with van der Waals surface area (Å²) in [5.41, 5.74) is 0.619. The lowest BCUT2D eigenvalue weighted by Crippen LogP contribution is -2.42. The molecule has 0 aliphatic carbocycles. The second kappa shape index (κ2) is 9.54. The third-order valence-corrected chi connectivity index (χ3v) is 3.57. The first-order chi connectivity index (χ1) is 13.2. The third-order valence-electron chi connectivity index (χ3n) is 3.57. The molecule has 0 fully saturated rings. The van der Waals surface area contributed by atoms with Gasteiger partial charge in [-0.25, -0.2) is 14.4 Å². The van der Waals surface area contributed by atoms with E-state index in [1.165, 1.54) is 12.1 Å². The van der Waals surface area contributed by atoms with Crippen LogP contribution < -0.4 is 21.0 Å². The molecule has 0 spiro atoms. The summed E-state index contributed by atoms with van der Waals surface area (Å²) in [6, 6.07) is 5.54. The van der Waals surface area contributed by atoms with E-state index < -0.39 is 36.7 Å². The van der Waals surface area contributed by atoms with Gasteiger partial charge in [-0.3, -0.25) is 10.1 Å². The van der Waals surface area contributed by atoms with Gasteiger partial charge >= 0.3 is 17.6 Å². The normalized spacial score (nSPS) is 10.6. The minimum absolute atomic E-state index is 0.239. The number of aryl methyl sites for hydroxylation is 1. The number of hydrogen-bond donors (Lipinski definition) is 2. The van der Waals surface area contributed by atoms with E-state index in [0.717, 1.165) is 10.9 Å². The molecule has 3 amide bonds. The Morgan fingerprint density at radius 1 is 1.14 bits per heavy atom. The monoisotopic (exact) mass is 390 g/mol. The van der Waals surface area contributed by atoms with Gasteiger partial charge in [-0.15, -0.1) is 0 Å². The molecule has 2 aromatic rings.